The number of hydrogen-bond donors (Lipinski definition) is 4. The van der Waals surface area contributed by atoms with E-state index >= 15 is 0 Å². The zero-order chi connectivity index (χ0) is 18.1. The minimum Gasteiger partial charge on any atom is -0.508 e. The zero-order valence-electron chi connectivity index (χ0n) is 12.4. The van der Waals surface area contributed by atoms with Crippen LogP contribution in [0, 0.1) is 5.92 Å². The molecule has 1 saturated heterocycles. The quantitative estimate of drug-likeness (QED) is 0.614. The predicted molar refractivity (Wildman–Crippen MR) is 73.6 cm³/mol. The third-order valence-electron chi connectivity index (χ3n) is 3.62. The third-order valence-corrected chi connectivity index (χ3v) is 3.62. The van der Waals surface area contributed by atoms with Crippen LogP contribution in [0.15, 0.2) is 24.3 Å². The lowest BCUT2D eigenvalue weighted by atomic mass is 9.81. The summed E-state index contributed by atoms with van der Waals surface area (Å²) in [5.41, 5.74) is -4.01. The average Bonchev–Trinajstić information content (AvgIpc) is 2.45. The Hall–Kier alpha value is -2.49. The number of alkyl halides is 3. The Morgan fingerprint density at radius 1 is 1.38 bits per heavy atom. The molecule has 0 radical (unpaired) electrons. The van der Waals surface area contributed by atoms with E-state index in [2.05, 4.69) is 10.1 Å². The van der Waals surface area contributed by atoms with Gasteiger partial charge in [0, 0.05) is 5.56 Å². The van der Waals surface area contributed by atoms with E-state index in [1.165, 1.54) is 36.5 Å². The van der Waals surface area contributed by atoms with Gasteiger partial charge in [-0.05, 0) is 13.0 Å². The first-order chi connectivity index (χ1) is 11.1. The van der Waals surface area contributed by atoms with Gasteiger partial charge in [0.1, 0.15) is 11.7 Å². The fourth-order valence-corrected chi connectivity index (χ4v) is 2.55. The molecule has 1 aliphatic heterocycles. The van der Waals surface area contributed by atoms with Crippen molar-refractivity contribution in [3.63, 3.8) is 0 Å². The van der Waals surface area contributed by atoms with E-state index in [-0.39, 0.29) is 12.2 Å². The maximum Gasteiger partial charge on any atom is 0.437 e. The molecule has 1 heterocycles. The second-order valence-corrected chi connectivity index (χ2v) is 5.13. The summed E-state index contributed by atoms with van der Waals surface area (Å²) in [6.45, 7) is 1.15. The smallest absolute Gasteiger partial charge is 0.437 e. The van der Waals surface area contributed by atoms with Gasteiger partial charge in [-0.15, -0.1) is 0 Å². The van der Waals surface area contributed by atoms with Crippen molar-refractivity contribution in [1.82, 2.24) is 10.6 Å². The number of ether oxygens (including phenoxy) is 1. The van der Waals surface area contributed by atoms with E-state index in [1.54, 1.807) is 0 Å². The highest BCUT2D eigenvalue weighted by Gasteiger charge is 2.67. The summed E-state index contributed by atoms with van der Waals surface area (Å²) < 4.78 is 44.8. The van der Waals surface area contributed by atoms with E-state index < -0.39 is 41.6 Å². The molecule has 7 nitrogen and oxygen atoms in total. The summed E-state index contributed by atoms with van der Waals surface area (Å²) in [4.78, 5) is 23.7. The number of para-hydroxylation sites is 1. The van der Waals surface area contributed by atoms with Crippen LogP contribution in [0.2, 0.25) is 0 Å². The largest absolute Gasteiger partial charge is 0.508 e. The van der Waals surface area contributed by atoms with Crippen molar-refractivity contribution in [3.05, 3.63) is 29.8 Å². The van der Waals surface area contributed by atoms with Crippen molar-refractivity contribution in [2.45, 2.75) is 24.9 Å². The van der Waals surface area contributed by atoms with Crippen molar-refractivity contribution in [3.8, 4) is 5.75 Å². The highest BCUT2D eigenvalue weighted by molar-refractivity contribution is 5.83. The number of hydrogen-bond acceptors (Lipinski definition) is 5. The van der Waals surface area contributed by atoms with E-state index in [0.29, 0.717) is 0 Å². The Morgan fingerprint density at radius 3 is 2.54 bits per heavy atom. The van der Waals surface area contributed by atoms with Crippen LogP contribution in [0.4, 0.5) is 18.0 Å². The number of aliphatic hydroxyl groups is 1. The van der Waals surface area contributed by atoms with Crippen LogP contribution in [-0.4, -0.2) is 40.7 Å². The molecule has 0 aromatic heterocycles. The fourth-order valence-electron chi connectivity index (χ4n) is 2.55. The fraction of sp³-hybridized carbons (Fsp3) is 0.429. The molecule has 3 atom stereocenters. The summed E-state index contributed by atoms with van der Waals surface area (Å²) in [5.74, 6) is -4.08. The molecule has 0 saturated carbocycles. The topological polar surface area (TPSA) is 108 Å². The van der Waals surface area contributed by atoms with Crippen LogP contribution < -0.4 is 10.6 Å². The van der Waals surface area contributed by atoms with Crippen LogP contribution in [0.3, 0.4) is 0 Å². The lowest BCUT2D eigenvalue weighted by Crippen LogP contribution is -2.73. The van der Waals surface area contributed by atoms with E-state index in [4.69, 9.17) is 0 Å². The van der Waals surface area contributed by atoms with Gasteiger partial charge >= 0.3 is 18.2 Å². The highest BCUT2D eigenvalue weighted by Crippen LogP contribution is 2.44. The summed E-state index contributed by atoms with van der Waals surface area (Å²) in [6.07, 6.45) is -5.36. The molecule has 0 bridgehead atoms. The molecule has 24 heavy (non-hydrogen) atoms. The number of urea groups is 1. The molecule has 2 rings (SSSR count). The van der Waals surface area contributed by atoms with Crippen LogP contribution in [0.25, 0.3) is 0 Å². The Morgan fingerprint density at radius 2 is 2.00 bits per heavy atom. The summed E-state index contributed by atoms with van der Waals surface area (Å²) in [6, 6.07) is 2.23. The molecule has 0 unspecified atom stereocenters. The molecule has 1 aromatic carbocycles. The Balaban J connectivity index is 2.60. The SMILES string of the molecule is CCOC(=O)[C@@H]1[C@H](c2ccccc2O)NC(=O)N[C@]1(O)C(F)(F)F. The molecular weight excluding hydrogens is 333 g/mol. The van der Waals surface area contributed by atoms with Gasteiger partial charge in [-0.2, -0.15) is 13.2 Å². The lowest BCUT2D eigenvalue weighted by Gasteiger charge is -2.44. The standard InChI is InChI=1S/C14H15F3N2O5/c1-2-24-11(21)9-10(7-5-3-4-6-8(7)20)18-12(22)19-13(9,23)14(15,16)17/h3-6,9-10,20,23H,2H2,1H3,(H2,18,19,22)/t9-,10-,13+/m0/s1. The molecule has 1 aromatic rings. The van der Waals surface area contributed by atoms with E-state index in [1.807, 2.05) is 0 Å². The van der Waals surface area contributed by atoms with Crippen LogP contribution in [0.5, 0.6) is 5.75 Å². The Kier molecular flexibility index (Phi) is 4.61. The van der Waals surface area contributed by atoms with E-state index in [0.717, 1.165) is 0 Å². The van der Waals surface area contributed by atoms with Gasteiger partial charge in [0.05, 0.1) is 12.6 Å². The van der Waals surface area contributed by atoms with Gasteiger partial charge in [0.15, 0.2) is 0 Å². The normalized spacial score (nSPS) is 27.1. The minimum absolute atomic E-state index is 0.159. The molecular formula is C14H15F3N2O5. The zero-order valence-corrected chi connectivity index (χ0v) is 12.4. The number of rotatable bonds is 3. The average molecular weight is 348 g/mol. The first-order valence-electron chi connectivity index (χ1n) is 6.94. The van der Waals surface area contributed by atoms with Gasteiger partial charge in [-0.1, -0.05) is 18.2 Å². The molecule has 0 spiro atoms. The third kappa shape index (κ3) is 2.96. The number of phenolic OH excluding ortho intramolecular Hbond substituents is 1. The number of nitrogens with one attached hydrogen (secondary N) is 2. The van der Waals surface area contributed by atoms with Gasteiger partial charge in [0.2, 0.25) is 0 Å². The molecule has 0 aliphatic carbocycles. The molecule has 2 amide bonds. The second-order valence-electron chi connectivity index (χ2n) is 5.13. The van der Waals surface area contributed by atoms with Crippen molar-refractivity contribution < 1.29 is 37.7 Å². The van der Waals surface area contributed by atoms with Crippen LogP contribution in [0.1, 0.15) is 18.5 Å². The maximum atomic E-state index is 13.4. The van der Waals surface area contributed by atoms with Crippen LogP contribution >= 0.6 is 0 Å². The molecule has 1 aliphatic rings. The molecule has 132 valence electrons. The number of amides is 2. The van der Waals surface area contributed by atoms with E-state index in [9.17, 15) is 33.0 Å². The summed E-state index contributed by atoms with van der Waals surface area (Å²) in [5, 5.41) is 23.4. The van der Waals surface area contributed by atoms with Gasteiger partial charge < -0.3 is 25.6 Å². The minimum atomic E-state index is -5.36. The van der Waals surface area contributed by atoms with Gasteiger partial charge in [-0.25, -0.2) is 4.79 Å². The lowest BCUT2D eigenvalue weighted by molar-refractivity contribution is -0.294. The number of esters is 1. The van der Waals surface area contributed by atoms with Crippen LogP contribution in [-0.2, 0) is 9.53 Å². The monoisotopic (exact) mass is 348 g/mol. The number of carbonyl (C=O) groups is 2. The first kappa shape index (κ1) is 17.9. The number of aromatic hydroxyl groups is 1. The number of phenols is 1. The maximum absolute atomic E-state index is 13.4. The summed E-state index contributed by atoms with van der Waals surface area (Å²) >= 11 is 0. The van der Waals surface area contributed by atoms with Gasteiger partial charge in [0.25, 0.3) is 5.72 Å². The van der Waals surface area contributed by atoms with Crippen molar-refractivity contribution >= 4 is 12.0 Å². The highest BCUT2D eigenvalue weighted by atomic mass is 19.4. The Bertz CT molecular complexity index is 652. The molecule has 4 N–H and O–H groups in total. The second kappa shape index (κ2) is 6.19. The van der Waals surface area contributed by atoms with Crippen molar-refractivity contribution in [1.29, 1.82) is 0 Å². The van der Waals surface area contributed by atoms with Crippen molar-refractivity contribution in [2.24, 2.45) is 5.92 Å². The molecule has 10 heteroatoms. The predicted octanol–water partition coefficient (Wildman–Crippen LogP) is 1.18. The first-order valence-corrected chi connectivity index (χ1v) is 6.94. The number of halogens is 3. The van der Waals surface area contributed by atoms with Crippen molar-refractivity contribution in [2.75, 3.05) is 6.61 Å². The molecule has 1 fully saturated rings. The van der Waals surface area contributed by atoms with Gasteiger partial charge in [-0.3, -0.25) is 4.79 Å². The Labute approximate surface area is 134 Å². The number of carbonyl (C=O) groups excluding carboxylic acids is 2. The summed E-state index contributed by atoms with van der Waals surface area (Å²) in [7, 11) is 0. The number of benzene rings is 1.